The lowest BCUT2D eigenvalue weighted by atomic mass is 10.1. The molecule has 8 heteroatoms. The summed E-state index contributed by atoms with van der Waals surface area (Å²) in [5.74, 6) is 0.224. The molecule has 0 aliphatic carbocycles. The molecule has 8 nitrogen and oxygen atoms in total. The van der Waals surface area contributed by atoms with E-state index in [1.165, 1.54) is 0 Å². The predicted molar refractivity (Wildman–Crippen MR) is 163 cm³/mol. The molecule has 7 aromatic rings. The van der Waals surface area contributed by atoms with Crippen molar-refractivity contribution < 1.29 is 9.21 Å². The Morgan fingerprint density at radius 1 is 0.714 bits per heavy atom. The third kappa shape index (κ3) is 4.89. The molecule has 7 rings (SSSR count). The van der Waals surface area contributed by atoms with Gasteiger partial charge in [0, 0.05) is 28.9 Å². The molecule has 42 heavy (non-hydrogen) atoms. The van der Waals surface area contributed by atoms with Crippen molar-refractivity contribution in [1.29, 1.82) is 0 Å². The Morgan fingerprint density at radius 2 is 1.31 bits per heavy atom. The van der Waals surface area contributed by atoms with Crippen LogP contribution >= 0.6 is 0 Å². The number of furan rings is 1. The largest absolute Gasteiger partial charge is 0.454 e. The Hall–Kier alpha value is -6.02. The summed E-state index contributed by atoms with van der Waals surface area (Å²) in [5.41, 5.74) is 8.27. The molecule has 1 N–H and O–H groups in total. The number of carbonyl (C=O) groups is 1. The van der Waals surface area contributed by atoms with Gasteiger partial charge in [-0.05, 0) is 36.4 Å². The highest BCUT2D eigenvalue weighted by Crippen LogP contribution is 2.29. The van der Waals surface area contributed by atoms with Crippen LogP contribution < -0.4 is 5.43 Å². The summed E-state index contributed by atoms with van der Waals surface area (Å²) in [5, 5.41) is 14.8. The van der Waals surface area contributed by atoms with Gasteiger partial charge < -0.3 is 4.42 Å². The number of hydrogen-bond donors (Lipinski definition) is 1. The highest BCUT2D eigenvalue weighted by Gasteiger charge is 2.19. The molecule has 0 bridgehead atoms. The van der Waals surface area contributed by atoms with Crippen LogP contribution in [0.25, 0.3) is 45.1 Å². The van der Waals surface area contributed by atoms with Crippen LogP contribution in [0.4, 0.5) is 0 Å². The van der Waals surface area contributed by atoms with Crippen molar-refractivity contribution in [3.05, 3.63) is 145 Å². The van der Waals surface area contributed by atoms with Crippen LogP contribution in [0.15, 0.2) is 143 Å². The second-order valence-electron chi connectivity index (χ2n) is 9.60. The molecule has 0 aliphatic heterocycles. The molecule has 0 fully saturated rings. The summed E-state index contributed by atoms with van der Waals surface area (Å²) in [6.07, 6.45) is 5.16. The fourth-order valence-electron chi connectivity index (χ4n) is 4.77. The molecule has 3 heterocycles. The molecular formula is C34H24N6O2. The summed E-state index contributed by atoms with van der Waals surface area (Å²) >= 11 is 0. The van der Waals surface area contributed by atoms with E-state index in [0.717, 1.165) is 27.9 Å². The number of fused-ring (bicyclic) bond motifs is 1. The fourth-order valence-corrected chi connectivity index (χ4v) is 4.77. The number of aromatic nitrogens is 4. The van der Waals surface area contributed by atoms with Gasteiger partial charge in [-0.15, -0.1) is 0 Å². The lowest BCUT2D eigenvalue weighted by molar-refractivity contribution is 0.0955. The van der Waals surface area contributed by atoms with E-state index < -0.39 is 0 Å². The van der Waals surface area contributed by atoms with Crippen LogP contribution in [0, 0.1) is 0 Å². The predicted octanol–water partition coefficient (Wildman–Crippen LogP) is 6.90. The van der Waals surface area contributed by atoms with Gasteiger partial charge in [0.2, 0.25) is 0 Å². The van der Waals surface area contributed by atoms with Crippen LogP contribution in [-0.2, 0) is 0 Å². The molecule has 1 amide bonds. The van der Waals surface area contributed by atoms with Crippen LogP contribution in [0.1, 0.15) is 15.9 Å². The van der Waals surface area contributed by atoms with Crippen LogP contribution in [0.3, 0.4) is 0 Å². The number of hydrazone groups is 1. The van der Waals surface area contributed by atoms with Crippen molar-refractivity contribution in [2.45, 2.75) is 0 Å². The molecule has 0 aliphatic rings. The van der Waals surface area contributed by atoms with Gasteiger partial charge in [0.25, 0.3) is 5.91 Å². The molecule has 3 aromatic heterocycles. The second-order valence-corrected chi connectivity index (χ2v) is 9.60. The number of nitrogens with one attached hydrogen (secondary N) is 1. The van der Waals surface area contributed by atoms with E-state index in [-0.39, 0.29) is 5.91 Å². The Morgan fingerprint density at radius 3 is 2.00 bits per heavy atom. The van der Waals surface area contributed by atoms with Crippen molar-refractivity contribution in [2.75, 3.05) is 0 Å². The van der Waals surface area contributed by atoms with E-state index in [9.17, 15) is 4.79 Å². The topological polar surface area (TPSA) is 90.2 Å². The maximum absolute atomic E-state index is 13.5. The van der Waals surface area contributed by atoms with E-state index in [0.29, 0.717) is 28.3 Å². The number of hydrogen-bond acceptors (Lipinski definition) is 5. The molecule has 0 radical (unpaired) electrons. The van der Waals surface area contributed by atoms with Gasteiger partial charge in [0.15, 0.2) is 5.76 Å². The SMILES string of the molecule is O=C(N/N=C/c1cn(-c2ccccc2)nc1-c1cc2ccccc2o1)c1cn(-c2ccccc2)nc1-c1ccccc1. The number of nitrogens with zero attached hydrogens (tertiary/aromatic N) is 5. The zero-order valence-corrected chi connectivity index (χ0v) is 22.3. The van der Waals surface area contributed by atoms with E-state index in [1.54, 1.807) is 21.8 Å². The van der Waals surface area contributed by atoms with Crippen LogP contribution in [0.2, 0.25) is 0 Å². The van der Waals surface area contributed by atoms with Crippen molar-refractivity contribution >= 4 is 23.1 Å². The number of carbonyl (C=O) groups excluding carboxylic acids is 1. The van der Waals surface area contributed by atoms with Gasteiger partial charge in [0.1, 0.15) is 17.0 Å². The Labute approximate surface area is 241 Å². The first-order valence-corrected chi connectivity index (χ1v) is 13.4. The van der Waals surface area contributed by atoms with Crippen LogP contribution in [0.5, 0.6) is 0 Å². The normalized spacial score (nSPS) is 11.3. The molecule has 4 aromatic carbocycles. The summed E-state index contributed by atoms with van der Waals surface area (Å²) in [6.45, 7) is 0. The van der Waals surface area contributed by atoms with E-state index in [2.05, 4.69) is 10.5 Å². The summed E-state index contributed by atoms with van der Waals surface area (Å²) in [7, 11) is 0. The van der Waals surface area contributed by atoms with Gasteiger partial charge in [-0.2, -0.15) is 15.3 Å². The van der Waals surface area contributed by atoms with Crippen molar-refractivity contribution in [2.24, 2.45) is 5.10 Å². The zero-order valence-electron chi connectivity index (χ0n) is 22.3. The first-order valence-electron chi connectivity index (χ1n) is 13.4. The molecule has 0 unspecified atom stereocenters. The Bertz CT molecular complexity index is 1990. The van der Waals surface area contributed by atoms with Crippen LogP contribution in [-0.4, -0.2) is 31.7 Å². The number of para-hydroxylation sites is 3. The summed E-state index contributed by atoms with van der Waals surface area (Å²) in [6, 6.07) is 38.8. The molecule has 0 saturated heterocycles. The lowest BCUT2D eigenvalue weighted by Gasteiger charge is -2.01. The fraction of sp³-hybridized carbons (Fsp3) is 0. The van der Waals surface area contributed by atoms with Gasteiger partial charge in [-0.1, -0.05) is 84.9 Å². The average molecular weight is 549 g/mol. The minimum absolute atomic E-state index is 0.381. The van der Waals surface area contributed by atoms with E-state index >= 15 is 0 Å². The van der Waals surface area contributed by atoms with Crippen molar-refractivity contribution in [3.63, 3.8) is 0 Å². The van der Waals surface area contributed by atoms with E-state index in [1.807, 2.05) is 128 Å². The molecule has 0 atom stereocenters. The molecule has 0 saturated carbocycles. The molecule has 0 spiro atoms. The molecular weight excluding hydrogens is 524 g/mol. The first-order chi connectivity index (χ1) is 20.7. The summed E-state index contributed by atoms with van der Waals surface area (Å²) in [4.78, 5) is 13.5. The highest BCUT2D eigenvalue weighted by atomic mass is 16.3. The monoisotopic (exact) mass is 548 g/mol. The van der Waals surface area contributed by atoms with Gasteiger partial charge >= 0.3 is 0 Å². The Balaban J connectivity index is 1.22. The lowest BCUT2D eigenvalue weighted by Crippen LogP contribution is -2.18. The average Bonchev–Trinajstić information content (AvgIpc) is 3.79. The second kappa shape index (κ2) is 10.9. The maximum atomic E-state index is 13.5. The third-order valence-corrected chi connectivity index (χ3v) is 6.82. The molecule has 202 valence electrons. The summed E-state index contributed by atoms with van der Waals surface area (Å²) < 4.78 is 9.58. The number of benzene rings is 4. The number of rotatable bonds is 7. The Kier molecular flexibility index (Phi) is 6.46. The van der Waals surface area contributed by atoms with Gasteiger partial charge in [0.05, 0.1) is 23.2 Å². The van der Waals surface area contributed by atoms with Gasteiger partial charge in [-0.25, -0.2) is 14.8 Å². The quantitative estimate of drug-likeness (QED) is 0.173. The third-order valence-electron chi connectivity index (χ3n) is 6.82. The van der Waals surface area contributed by atoms with Crippen molar-refractivity contribution in [3.8, 4) is 34.1 Å². The number of amides is 1. The maximum Gasteiger partial charge on any atom is 0.275 e. The zero-order chi connectivity index (χ0) is 28.3. The van der Waals surface area contributed by atoms with Gasteiger partial charge in [-0.3, -0.25) is 4.79 Å². The van der Waals surface area contributed by atoms with E-state index in [4.69, 9.17) is 14.6 Å². The standard InChI is InChI=1S/C34H24N6O2/c41-34(29-23-40(28-17-8-3-9-18-28)37-32(29)24-12-4-1-5-13-24)36-35-21-26-22-39(27-15-6-2-7-16-27)38-33(26)31-20-25-14-10-11-19-30(25)42-31/h1-23H,(H,36,41)/b35-21+. The smallest absolute Gasteiger partial charge is 0.275 e. The minimum atomic E-state index is -0.381. The first kappa shape index (κ1) is 25.0. The highest BCUT2D eigenvalue weighted by molar-refractivity contribution is 6.00. The minimum Gasteiger partial charge on any atom is -0.454 e. The van der Waals surface area contributed by atoms with Crippen molar-refractivity contribution in [1.82, 2.24) is 25.0 Å².